The molecule has 0 unspecified atom stereocenters. The summed E-state index contributed by atoms with van der Waals surface area (Å²) in [6.45, 7) is -0.121. The quantitative estimate of drug-likeness (QED) is 0.524. The summed E-state index contributed by atoms with van der Waals surface area (Å²) < 4.78 is 27.4. The SMILES string of the molecule is O=C1C=C(Nc2ccc(S(=O)(=O)NCCc3ccccc3)cc2)C(=O)N1CCO. The highest BCUT2D eigenvalue weighted by Gasteiger charge is 2.30. The lowest BCUT2D eigenvalue weighted by Crippen LogP contribution is -2.34. The smallest absolute Gasteiger partial charge is 0.277 e. The minimum absolute atomic E-state index is 0.0695. The van der Waals surface area contributed by atoms with E-state index in [-0.39, 0.29) is 30.3 Å². The number of carbonyl (C=O) groups is 2. The molecule has 0 aromatic heterocycles. The number of β-amino-alcohol motifs (C(OH)–C–C–N with tert-alkyl or cyclic N) is 1. The Kier molecular flexibility index (Phi) is 6.42. The van der Waals surface area contributed by atoms with Gasteiger partial charge in [0.2, 0.25) is 10.0 Å². The summed E-state index contributed by atoms with van der Waals surface area (Å²) in [5.74, 6) is -1.04. The molecule has 1 heterocycles. The van der Waals surface area contributed by atoms with Crippen molar-refractivity contribution in [2.75, 3.05) is 25.0 Å². The maximum Gasteiger partial charge on any atom is 0.277 e. The van der Waals surface area contributed by atoms with Crippen LogP contribution in [-0.2, 0) is 26.0 Å². The number of rotatable bonds is 9. The Morgan fingerprint density at radius 1 is 0.966 bits per heavy atom. The molecule has 152 valence electrons. The summed E-state index contributed by atoms with van der Waals surface area (Å²) in [5.41, 5.74) is 1.57. The average molecular weight is 415 g/mol. The van der Waals surface area contributed by atoms with Gasteiger partial charge in [-0.15, -0.1) is 0 Å². The van der Waals surface area contributed by atoms with Gasteiger partial charge in [0.1, 0.15) is 5.70 Å². The lowest BCUT2D eigenvalue weighted by Gasteiger charge is -2.13. The van der Waals surface area contributed by atoms with E-state index in [0.717, 1.165) is 16.5 Å². The van der Waals surface area contributed by atoms with E-state index in [2.05, 4.69) is 10.0 Å². The molecule has 3 N–H and O–H groups in total. The predicted molar refractivity (Wildman–Crippen MR) is 107 cm³/mol. The molecule has 2 aromatic rings. The lowest BCUT2D eigenvalue weighted by atomic mass is 10.2. The Hall–Kier alpha value is -3.01. The van der Waals surface area contributed by atoms with E-state index in [9.17, 15) is 18.0 Å². The van der Waals surface area contributed by atoms with Gasteiger partial charge >= 0.3 is 0 Å². The number of hydrogen-bond donors (Lipinski definition) is 3. The first kappa shape index (κ1) is 20.7. The molecule has 0 saturated carbocycles. The normalized spacial score (nSPS) is 14.2. The number of hydrogen-bond acceptors (Lipinski definition) is 6. The first-order valence-corrected chi connectivity index (χ1v) is 10.5. The van der Waals surface area contributed by atoms with Crippen LogP contribution in [0.15, 0.2) is 71.3 Å². The van der Waals surface area contributed by atoms with Gasteiger partial charge in [-0.2, -0.15) is 0 Å². The summed E-state index contributed by atoms with van der Waals surface area (Å²) in [6, 6.07) is 15.4. The molecule has 2 aromatic carbocycles. The second-order valence-electron chi connectivity index (χ2n) is 6.36. The monoisotopic (exact) mass is 415 g/mol. The molecule has 9 heteroatoms. The van der Waals surface area contributed by atoms with Crippen molar-refractivity contribution in [3.8, 4) is 0 Å². The Morgan fingerprint density at radius 3 is 2.31 bits per heavy atom. The zero-order chi connectivity index (χ0) is 20.9. The van der Waals surface area contributed by atoms with Crippen molar-refractivity contribution in [3.63, 3.8) is 0 Å². The average Bonchev–Trinajstić information content (AvgIpc) is 2.97. The number of sulfonamides is 1. The Bertz CT molecular complexity index is 1020. The minimum atomic E-state index is -3.66. The van der Waals surface area contributed by atoms with Gasteiger partial charge in [0.15, 0.2) is 0 Å². The van der Waals surface area contributed by atoms with Gasteiger partial charge in [0, 0.05) is 18.3 Å². The molecule has 1 aliphatic rings. The van der Waals surface area contributed by atoms with Crippen LogP contribution in [-0.4, -0.2) is 49.9 Å². The van der Waals surface area contributed by atoms with Gasteiger partial charge in [-0.25, -0.2) is 13.1 Å². The number of nitrogens with one attached hydrogen (secondary N) is 2. The molecule has 1 aliphatic heterocycles. The van der Waals surface area contributed by atoms with Crippen molar-refractivity contribution in [1.82, 2.24) is 9.62 Å². The first-order valence-electron chi connectivity index (χ1n) is 9.00. The molecular weight excluding hydrogens is 394 g/mol. The summed E-state index contributed by atoms with van der Waals surface area (Å²) in [5, 5.41) is 11.7. The number of carbonyl (C=O) groups excluding carboxylic acids is 2. The van der Waals surface area contributed by atoms with Crippen LogP contribution in [0.2, 0.25) is 0 Å². The number of benzene rings is 2. The van der Waals surface area contributed by atoms with Gasteiger partial charge in [0.25, 0.3) is 11.8 Å². The number of imide groups is 1. The largest absolute Gasteiger partial charge is 0.395 e. The van der Waals surface area contributed by atoms with Crippen LogP contribution < -0.4 is 10.0 Å². The van der Waals surface area contributed by atoms with Crippen molar-refractivity contribution in [1.29, 1.82) is 0 Å². The molecular formula is C20H21N3O5S. The van der Waals surface area contributed by atoms with Crippen LogP contribution >= 0.6 is 0 Å². The number of nitrogens with zero attached hydrogens (tertiary/aromatic N) is 1. The van der Waals surface area contributed by atoms with Crippen LogP contribution in [0, 0.1) is 0 Å². The molecule has 0 saturated heterocycles. The Labute approximate surface area is 168 Å². The third-order valence-electron chi connectivity index (χ3n) is 4.33. The Balaban J connectivity index is 1.60. The van der Waals surface area contributed by atoms with Crippen molar-refractivity contribution < 1.29 is 23.1 Å². The molecule has 0 atom stereocenters. The second kappa shape index (κ2) is 8.99. The highest BCUT2D eigenvalue weighted by Crippen LogP contribution is 2.19. The molecule has 29 heavy (non-hydrogen) atoms. The van der Waals surface area contributed by atoms with E-state index >= 15 is 0 Å². The molecule has 0 radical (unpaired) electrons. The fourth-order valence-corrected chi connectivity index (χ4v) is 3.87. The number of anilines is 1. The maximum atomic E-state index is 12.4. The van der Waals surface area contributed by atoms with Gasteiger partial charge in [-0.3, -0.25) is 14.5 Å². The van der Waals surface area contributed by atoms with Crippen molar-refractivity contribution in [2.24, 2.45) is 0 Å². The minimum Gasteiger partial charge on any atom is -0.395 e. The standard InChI is InChI=1S/C20H21N3O5S/c24-13-12-23-19(25)14-18(20(23)26)22-16-6-8-17(9-7-16)29(27,28)21-11-10-15-4-2-1-3-5-15/h1-9,14,21-22,24H,10-13H2. The first-order chi connectivity index (χ1) is 13.9. The zero-order valence-corrected chi connectivity index (χ0v) is 16.4. The highest BCUT2D eigenvalue weighted by molar-refractivity contribution is 7.89. The molecule has 0 bridgehead atoms. The molecule has 3 rings (SSSR count). The van der Waals surface area contributed by atoms with Crippen LogP contribution in [0.5, 0.6) is 0 Å². The molecule has 2 amide bonds. The fraction of sp³-hybridized carbons (Fsp3) is 0.200. The van der Waals surface area contributed by atoms with Gasteiger partial charge in [-0.1, -0.05) is 30.3 Å². The Morgan fingerprint density at radius 2 is 1.66 bits per heavy atom. The molecule has 8 nitrogen and oxygen atoms in total. The molecule has 0 aliphatic carbocycles. The van der Waals surface area contributed by atoms with Crippen molar-refractivity contribution >= 4 is 27.5 Å². The predicted octanol–water partition coefficient (Wildman–Crippen LogP) is 0.864. The van der Waals surface area contributed by atoms with Crippen LogP contribution in [0.3, 0.4) is 0 Å². The zero-order valence-electron chi connectivity index (χ0n) is 15.5. The van der Waals surface area contributed by atoms with E-state index < -0.39 is 21.8 Å². The fourth-order valence-electron chi connectivity index (χ4n) is 2.84. The maximum absolute atomic E-state index is 12.4. The lowest BCUT2D eigenvalue weighted by molar-refractivity contribution is -0.137. The van der Waals surface area contributed by atoms with E-state index in [1.54, 1.807) is 0 Å². The van der Waals surface area contributed by atoms with E-state index in [1.165, 1.54) is 24.3 Å². The van der Waals surface area contributed by atoms with E-state index in [1.807, 2.05) is 30.3 Å². The summed E-state index contributed by atoms with van der Waals surface area (Å²) in [7, 11) is -3.66. The number of amides is 2. The summed E-state index contributed by atoms with van der Waals surface area (Å²) in [4.78, 5) is 24.9. The van der Waals surface area contributed by atoms with Crippen molar-refractivity contribution in [3.05, 3.63) is 71.9 Å². The third-order valence-corrected chi connectivity index (χ3v) is 5.80. The summed E-state index contributed by atoms with van der Waals surface area (Å²) >= 11 is 0. The topological polar surface area (TPSA) is 116 Å². The van der Waals surface area contributed by atoms with Crippen LogP contribution in [0.4, 0.5) is 5.69 Å². The van der Waals surface area contributed by atoms with E-state index in [0.29, 0.717) is 12.1 Å². The van der Waals surface area contributed by atoms with Gasteiger partial charge < -0.3 is 10.4 Å². The van der Waals surface area contributed by atoms with Crippen LogP contribution in [0.25, 0.3) is 0 Å². The second-order valence-corrected chi connectivity index (χ2v) is 8.13. The number of aliphatic hydroxyl groups is 1. The van der Waals surface area contributed by atoms with E-state index in [4.69, 9.17) is 5.11 Å². The van der Waals surface area contributed by atoms with Crippen LogP contribution in [0.1, 0.15) is 5.56 Å². The van der Waals surface area contributed by atoms with Gasteiger partial charge in [0.05, 0.1) is 18.0 Å². The summed E-state index contributed by atoms with van der Waals surface area (Å²) in [6.07, 6.45) is 1.72. The number of aliphatic hydroxyl groups excluding tert-OH is 1. The molecule has 0 spiro atoms. The third kappa shape index (κ3) is 5.08. The van der Waals surface area contributed by atoms with Crippen molar-refractivity contribution in [2.45, 2.75) is 11.3 Å². The van der Waals surface area contributed by atoms with Gasteiger partial charge in [-0.05, 0) is 36.2 Å². The highest BCUT2D eigenvalue weighted by atomic mass is 32.2. The molecule has 0 fully saturated rings.